The van der Waals surface area contributed by atoms with Gasteiger partial charge in [-0.3, -0.25) is 0 Å². The van der Waals surface area contributed by atoms with E-state index in [1.807, 2.05) is 0 Å². The first-order chi connectivity index (χ1) is 17.9. The number of benzene rings is 2. The topological polar surface area (TPSA) is 43.7 Å². The van der Waals surface area contributed by atoms with Crippen LogP contribution in [0.1, 0.15) is 35.2 Å². The van der Waals surface area contributed by atoms with Gasteiger partial charge in [-0.2, -0.15) is 26.3 Å². The van der Waals surface area contributed by atoms with Gasteiger partial charge in [-0.25, -0.2) is 4.79 Å². The third-order valence-corrected chi connectivity index (χ3v) is 6.62. The molecule has 0 bridgehead atoms. The molecule has 0 radical (unpaired) electrons. The van der Waals surface area contributed by atoms with Crippen LogP contribution >= 0.6 is 0 Å². The molecule has 204 valence electrons. The van der Waals surface area contributed by atoms with E-state index in [1.54, 1.807) is 30.3 Å². The van der Waals surface area contributed by atoms with Crippen LogP contribution < -0.4 is 4.74 Å². The van der Waals surface area contributed by atoms with Gasteiger partial charge in [0.05, 0.1) is 12.1 Å². The van der Waals surface area contributed by atoms with Crippen LogP contribution in [0.3, 0.4) is 0 Å². The summed E-state index contributed by atoms with van der Waals surface area (Å²) < 4.78 is 94.5. The Kier molecular flexibility index (Phi) is 7.78. The van der Waals surface area contributed by atoms with Gasteiger partial charge in [-0.15, -0.1) is 0 Å². The van der Waals surface area contributed by atoms with E-state index in [0.29, 0.717) is 31.6 Å². The zero-order valence-electron chi connectivity index (χ0n) is 20.7. The van der Waals surface area contributed by atoms with E-state index in [1.165, 1.54) is 18.9 Å². The number of alkyl halides is 6. The van der Waals surface area contributed by atoms with Gasteiger partial charge < -0.3 is 18.9 Å². The fourth-order valence-corrected chi connectivity index (χ4v) is 4.65. The fraction of sp³-hybridized carbons (Fsp3) is 0.370. The average molecular weight is 541 g/mol. The number of nitrogens with zero attached hydrogens (tertiary/aromatic N) is 2. The summed E-state index contributed by atoms with van der Waals surface area (Å²) in [7, 11) is 1.50. The van der Waals surface area contributed by atoms with Crippen LogP contribution in [0.5, 0.6) is 5.88 Å². The van der Waals surface area contributed by atoms with Gasteiger partial charge >= 0.3 is 18.4 Å². The molecule has 11 heteroatoms. The highest BCUT2D eigenvalue weighted by atomic mass is 19.4. The smallest absolute Gasteiger partial charge is 0.392 e. The summed E-state index contributed by atoms with van der Waals surface area (Å²) >= 11 is 0. The van der Waals surface area contributed by atoms with Crippen molar-refractivity contribution in [1.29, 1.82) is 0 Å². The fourth-order valence-electron chi connectivity index (χ4n) is 4.65. The molecule has 0 saturated carbocycles. The summed E-state index contributed by atoms with van der Waals surface area (Å²) in [4.78, 5) is 14.5. The van der Waals surface area contributed by atoms with E-state index in [-0.39, 0.29) is 35.2 Å². The van der Waals surface area contributed by atoms with E-state index in [0.717, 1.165) is 28.8 Å². The Bertz CT molecular complexity index is 1260. The molecule has 3 aromatic rings. The van der Waals surface area contributed by atoms with Crippen LogP contribution in [-0.4, -0.2) is 41.9 Å². The Labute approximate surface area is 215 Å². The summed E-state index contributed by atoms with van der Waals surface area (Å²) in [5, 5.41) is 0. The Hall–Kier alpha value is -3.47. The molecule has 1 saturated heterocycles. The minimum Gasteiger partial charge on any atom is -0.392 e. The number of carbonyl (C=O) groups is 1. The monoisotopic (exact) mass is 540 g/mol. The van der Waals surface area contributed by atoms with Crippen LogP contribution in [0, 0.1) is 6.92 Å². The minimum atomic E-state index is -4.84. The Morgan fingerprint density at radius 3 is 2.13 bits per heavy atom. The van der Waals surface area contributed by atoms with Crippen LogP contribution in [0.4, 0.5) is 31.1 Å². The van der Waals surface area contributed by atoms with Gasteiger partial charge in [-0.1, -0.05) is 42.5 Å². The number of amides is 1. The molecule has 0 aliphatic carbocycles. The maximum absolute atomic E-state index is 14.4. The molecule has 1 fully saturated rings. The molecule has 38 heavy (non-hydrogen) atoms. The standard InChI is InChI=1S/C27H26F6N2O3/c1-17-22(19-8-10-20(11-9-19)26(28,29)30)24(38-25(36)34(2)21-12-14-37-15-13-21)35(23(17)27(31,32)33)16-18-6-4-3-5-7-18/h3-11,21H,12-16H2,1-2H3. The van der Waals surface area contributed by atoms with Crippen LogP contribution in [0.15, 0.2) is 54.6 Å². The van der Waals surface area contributed by atoms with Crippen molar-refractivity contribution in [3.05, 3.63) is 77.0 Å². The lowest BCUT2D eigenvalue weighted by Gasteiger charge is -2.30. The van der Waals surface area contributed by atoms with Gasteiger partial charge in [0.2, 0.25) is 5.88 Å². The van der Waals surface area contributed by atoms with Crippen molar-refractivity contribution in [2.24, 2.45) is 0 Å². The summed E-state index contributed by atoms with van der Waals surface area (Å²) in [6, 6.07) is 11.8. The van der Waals surface area contributed by atoms with Crippen molar-refractivity contribution in [1.82, 2.24) is 9.47 Å². The van der Waals surface area contributed by atoms with E-state index in [9.17, 15) is 31.1 Å². The van der Waals surface area contributed by atoms with Crippen LogP contribution in [0.25, 0.3) is 11.1 Å². The Morgan fingerprint density at radius 2 is 1.58 bits per heavy atom. The van der Waals surface area contributed by atoms with Crippen molar-refractivity contribution in [2.45, 2.75) is 44.7 Å². The molecule has 1 amide bonds. The number of carbonyl (C=O) groups excluding carboxylic acids is 1. The zero-order chi connectivity index (χ0) is 27.7. The third-order valence-electron chi connectivity index (χ3n) is 6.62. The second-order valence-electron chi connectivity index (χ2n) is 9.12. The van der Waals surface area contributed by atoms with Crippen molar-refractivity contribution in [2.75, 3.05) is 20.3 Å². The second kappa shape index (κ2) is 10.7. The SMILES string of the molecule is Cc1c(-c2ccc(C(F)(F)F)cc2)c(OC(=O)N(C)C2CCOCC2)n(Cc2ccccc2)c1C(F)(F)F. The highest BCUT2D eigenvalue weighted by Gasteiger charge is 2.41. The molecule has 1 aliphatic heterocycles. The van der Waals surface area contributed by atoms with Gasteiger partial charge in [0.15, 0.2) is 0 Å². The molecule has 0 N–H and O–H groups in total. The molecular formula is C27H26F6N2O3. The predicted molar refractivity (Wildman–Crippen MR) is 128 cm³/mol. The second-order valence-corrected chi connectivity index (χ2v) is 9.12. The largest absolute Gasteiger partial charge is 0.431 e. The number of aromatic nitrogens is 1. The molecule has 0 unspecified atom stereocenters. The normalized spacial score (nSPS) is 14.9. The molecule has 0 atom stereocenters. The number of hydrogen-bond acceptors (Lipinski definition) is 3. The van der Waals surface area contributed by atoms with Crippen LogP contribution in [0.2, 0.25) is 0 Å². The Morgan fingerprint density at radius 1 is 0.974 bits per heavy atom. The van der Waals surface area contributed by atoms with Crippen molar-refractivity contribution < 1.29 is 40.6 Å². The highest BCUT2D eigenvalue weighted by molar-refractivity contribution is 5.80. The summed E-state index contributed by atoms with van der Waals surface area (Å²) in [6.45, 7) is 1.80. The molecule has 5 nitrogen and oxygen atoms in total. The molecule has 0 spiro atoms. The number of rotatable bonds is 5. The average Bonchev–Trinajstić information content (AvgIpc) is 3.14. The first-order valence-corrected chi connectivity index (χ1v) is 11.9. The van der Waals surface area contributed by atoms with Gasteiger partial charge in [0.1, 0.15) is 5.69 Å². The number of ether oxygens (including phenoxy) is 2. The van der Waals surface area contributed by atoms with Gasteiger partial charge in [0.25, 0.3) is 0 Å². The van der Waals surface area contributed by atoms with E-state index in [4.69, 9.17) is 9.47 Å². The lowest BCUT2D eigenvalue weighted by molar-refractivity contribution is -0.144. The maximum Gasteiger partial charge on any atom is 0.431 e. The molecule has 1 aromatic heterocycles. The van der Waals surface area contributed by atoms with E-state index < -0.39 is 29.7 Å². The highest BCUT2D eigenvalue weighted by Crippen LogP contribution is 2.45. The molecule has 2 heterocycles. The maximum atomic E-state index is 14.4. The van der Waals surface area contributed by atoms with Crippen molar-refractivity contribution >= 4 is 6.09 Å². The lowest BCUT2D eigenvalue weighted by atomic mass is 10.0. The zero-order valence-corrected chi connectivity index (χ0v) is 20.7. The summed E-state index contributed by atoms with van der Waals surface area (Å²) in [5.41, 5.74) is -1.78. The summed E-state index contributed by atoms with van der Waals surface area (Å²) in [6.07, 6.45) is -9.25. The Balaban J connectivity index is 1.86. The molecule has 2 aromatic carbocycles. The minimum absolute atomic E-state index is 0.0596. The van der Waals surface area contributed by atoms with Gasteiger partial charge in [-0.05, 0) is 48.6 Å². The van der Waals surface area contributed by atoms with Crippen molar-refractivity contribution in [3.8, 4) is 17.0 Å². The van der Waals surface area contributed by atoms with Crippen LogP contribution in [-0.2, 0) is 23.6 Å². The molecule has 4 rings (SSSR count). The summed E-state index contributed by atoms with van der Waals surface area (Å²) in [5.74, 6) is -0.387. The lowest BCUT2D eigenvalue weighted by Crippen LogP contribution is -2.42. The first kappa shape index (κ1) is 27.6. The van der Waals surface area contributed by atoms with Gasteiger partial charge in [0, 0.05) is 31.9 Å². The third kappa shape index (κ3) is 5.82. The number of hydrogen-bond donors (Lipinski definition) is 0. The number of halogens is 6. The van der Waals surface area contributed by atoms with E-state index >= 15 is 0 Å². The molecular weight excluding hydrogens is 514 g/mol. The predicted octanol–water partition coefficient (Wildman–Crippen LogP) is 7.16. The first-order valence-electron chi connectivity index (χ1n) is 11.9. The molecule has 1 aliphatic rings. The quantitative estimate of drug-likeness (QED) is 0.323. The van der Waals surface area contributed by atoms with E-state index in [2.05, 4.69) is 0 Å². The van der Waals surface area contributed by atoms with Crippen molar-refractivity contribution in [3.63, 3.8) is 0 Å².